The maximum atomic E-state index is 12.9. The monoisotopic (exact) mass is 409 g/mol. The van der Waals surface area contributed by atoms with Gasteiger partial charge in [-0.25, -0.2) is 0 Å². The first kappa shape index (κ1) is 19.1. The zero-order chi connectivity index (χ0) is 18.8. The first-order chi connectivity index (χ1) is 12.4. The van der Waals surface area contributed by atoms with Crippen LogP contribution in [0.25, 0.3) is 6.08 Å². The van der Waals surface area contributed by atoms with Crippen LogP contribution in [0.1, 0.15) is 31.1 Å². The van der Waals surface area contributed by atoms with Gasteiger partial charge in [0.2, 0.25) is 5.91 Å². The molecule has 0 aliphatic carbocycles. The number of thiophene rings is 1. The number of amides is 2. The van der Waals surface area contributed by atoms with Gasteiger partial charge in [-0.15, -0.1) is 11.3 Å². The van der Waals surface area contributed by atoms with Crippen LogP contribution in [-0.4, -0.2) is 50.5 Å². The van der Waals surface area contributed by atoms with Crippen molar-refractivity contribution in [3.63, 3.8) is 0 Å². The number of hydrogen-bond acceptors (Lipinski definition) is 7. The quantitative estimate of drug-likeness (QED) is 0.553. The normalized spacial score (nSPS) is 23.6. The topological polar surface area (TPSA) is 80.8 Å². The van der Waals surface area contributed by atoms with Crippen LogP contribution in [0.3, 0.4) is 0 Å². The third-order valence-corrected chi connectivity index (χ3v) is 6.59. The van der Waals surface area contributed by atoms with Crippen molar-refractivity contribution >= 4 is 63.5 Å². The lowest BCUT2D eigenvalue weighted by atomic mass is 10.0. The molecule has 0 aromatic carbocycles. The van der Waals surface area contributed by atoms with Gasteiger partial charge in [0, 0.05) is 11.4 Å². The molecule has 1 aromatic heterocycles. The molecule has 0 saturated carbocycles. The number of carboxylic acids is 1. The minimum atomic E-state index is -1.26. The Bertz CT molecular complexity index is 775. The summed E-state index contributed by atoms with van der Waals surface area (Å²) in [6, 6.07) is 1.99. The molecule has 2 atom stereocenters. The second-order valence-electron chi connectivity index (χ2n) is 6.11. The van der Waals surface area contributed by atoms with Crippen molar-refractivity contribution in [3.05, 3.63) is 27.3 Å². The lowest BCUT2D eigenvalue weighted by molar-refractivity contribution is -0.312. The smallest absolute Gasteiger partial charge is 0.266 e. The van der Waals surface area contributed by atoms with Gasteiger partial charge in [0.25, 0.3) is 5.91 Å². The van der Waals surface area contributed by atoms with Crippen molar-refractivity contribution in [2.75, 3.05) is 6.54 Å². The number of nitrogens with zero attached hydrogens (tertiary/aromatic N) is 2. The molecule has 0 unspecified atom stereocenters. The lowest BCUT2D eigenvalue weighted by Crippen LogP contribution is -2.57. The van der Waals surface area contributed by atoms with Crippen molar-refractivity contribution in [2.45, 2.75) is 38.3 Å². The number of aliphatic carboxylic acids is 1. The summed E-state index contributed by atoms with van der Waals surface area (Å²) >= 11 is 7.96. The van der Waals surface area contributed by atoms with E-state index < -0.39 is 24.0 Å². The molecule has 2 saturated heterocycles. The van der Waals surface area contributed by atoms with E-state index in [4.69, 9.17) is 12.2 Å². The van der Waals surface area contributed by atoms with Crippen molar-refractivity contribution in [1.82, 2.24) is 9.80 Å². The molecule has 2 fully saturated rings. The zero-order valence-electron chi connectivity index (χ0n) is 14.0. The Morgan fingerprint density at radius 1 is 1.42 bits per heavy atom. The van der Waals surface area contributed by atoms with Crippen molar-refractivity contribution in [1.29, 1.82) is 0 Å². The number of hydrogen-bond donors (Lipinski definition) is 0. The highest BCUT2D eigenvalue weighted by molar-refractivity contribution is 8.26. The highest BCUT2D eigenvalue weighted by atomic mass is 32.2. The van der Waals surface area contributed by atoms with Crippen LogP contribution < -0.4 is 5.11 Å². The van der Waals surface area contributed by atoms with Gasteiger partial charge in [0.05, 0.1) is 16.9 Å². The number of thioether (sulfide) groups is 1. The second-order valence-corrected chi connectivity index (χ2v) is 8.76. The number of carbonyl (C=O) groups excluding carboxylic acids is 3. The molecule has 9 heteroatoms. The highest BCUT2D eigenvalue weighted by Gasteiger charge is 2.41. The largest absolute Gasteiger partial charge is 0.548 e. The van der Waals surface area contributed by atoms with E-state index in [0.717, 1.165) is 29.5 Å². The van der Waals surface area contributed by atoms with E-state index in [2.05, 4.69) is 0 Å². The van der Waals surface area contributed by atoms with Gasteiger partial charge in [-0.3, -0.25) is 14.5 Å². The highest BCUT2D eigenvalue weighted by Crippen LogP contribution is 2.35. The average Bonchev–Trinajstić information content (AvgIpc) is 3.22. The molecule has 138 valence electrons. The minimum absolute atomic E-state index is 0.306. The van der Waals surface area contributed by atoms with Crippen LogP contribution in [0.4, 0.5) is 0 Å². The number of carboxylic acid groups (broad SMARTS) is 1. The fourth-order valence-electron chi connectivity index (χ4n) is 3.11. The van der Waals surface area contributed by atoms with Crippen molar-refractivity contribution < 1.29 is 19.5 Å². The van der Waals surface area contributed by atoms with E-state index in [1.807, 2.05) is 17.5 Å². The first-order valence-electron chi connectivity index (χ1n) is 8.22. The van der Waals surface area contributed by atoms with Crippen LogP contribution in [0, 0.1) is 0 Å². The Morgan fingerprint density at radius 3 is 2.85 bits per heavy atom. The molecule has 3 rings (SSSR count). The molecule has 26 heavy (non-hydrogen) atoms. The van der Waals surface area contributed by atoms with E-state index in [1.165, 1.54) is 21.1 Å². The van der Waals surface area contributed by atoms with Gasteiger partial charge < -0.3 is 14.8 Å². The molecule has 0 spiro atoms. The summed E-state index contributed by atoms with van der Waals surface area (Å²) in [6.45, 7) is 1.93. The predicted octanol–water partition coefficient (Wildman–Crippen LogP) is 1.47. The number of piperidine rings is 1. The van der Waals surface area contributed by atoms with Crippen molar-refractivity contribution in [2.24, 2.45) is 0 Å². The standard InChI is InChI=1S/C17H18N2O4S3/c1-10(14(20)18-7-3-2-6-12(18)16(22)23)19-15(21)13(26-17(19)24)9-11-5-4-8-25-11/h4-5,8-10,12H,2-3,6-7H2,1H3,(H,22,23)/p-1/b13-9-/t10-,12+/m0/s1. The molecule has 2 aliphatic rings. The van der Waals surface area contributed by atoms with Crippen LogP contribution in [0.5, 0.6) is 0 Å². The van der Waals surface area contributed by atoms with Gasteiger partial charge in [0.15, 0.2) is 0 Å². The summed E-state index contributed by atoms with van der Waals surface area (Å²) in [7, 11) is 0. The number of rotatable bonds is 4. The van der Waals surface area contributed by atoms with E-state index in [0.29, 0.717) is 22.2 Å². The molecular formula is C17H17N2O4S3-. The maximum Gasteiger partial charge on any atom is 0.266 e. The summed E-state index contributed by atoms with van der Waals surface area (Å²) in [4.78, 5) is 40.9. The molecular weight excluding hydrogens is 392 g/mol. The van der Waals surface area contributed by atoms with Gasteiger partial charge in [-0.2, -0.15) is 0 Å². The maximum absolute atomic E-state index is 12.9. The molecule has 2 aliphatic heterocycles. The third kappa shape index (κ3) is 3.70. The Labute approximate surface area is 164 Å². The average molecular weight is 410 g/mol. The van der Waals surface area contributed by atoms with Crippen LogP contribution in [0.2, 0.25) is 0 Å². The second kappa shape index (κ2) is 7.89. The van der Waals surface area contributed by atoms with Gasteiger partial charge in [-0.1, -0.05) is 30.0 Å². The predicted molar refractivity (Wildman–Crippen MR) is 103 cm³/mol. The molecule has 0 radical (unpaired) electrons. The minimum Gasteiger partial charge on any atom is -0.548 e. The summed E-state index contributed by atoms with van der Waals surface area (Å²) < 4.78 is 0.306. The van der Waals surface area contributed by atoms with Gasteiger partial charge in [-0.05, 0) is 43.7 Å². The zero-order valence-corrected chi connectivity index (χ0v) is 16.5. The molecule has 6 nitrogen and oxygen atoms in total. The molecule has 1 aromatic rings. The fraction of sp³-hybridized carbons (Fsp3) is 0.412. The third-order valence-electron chi connectivity index (χ3n) is 4.44. The van der Waals surface area contributed by atoms with Crippen LogP contribution >= 0.6 is 35.3 Å². The van der Waals surface area contributed by atoms with Crippen LogP contribution in [0.15, 0.2) is 22.4 Å². The van der Waals surface area contributed by atoms with E-state index >= 15 is 0 Å². The van der Waals surface area contributed by atoms with E-state index in [9.17, 15) is 19.5 Å². The van der Waals surface area contributed by atoms with Crippen molar-refractivity contribution in [3.8, 4) is 0 Å². The van der Waals surface area contributed by atoms with E-state index in [1.54, 1.807) is 13.0 Å². The molecule has 3 heterocycles. The molecule has 2 amide bonds. The molecule has 0 N–H and O–H groups in total. The Morgan fingerprint density at radius 2 is 2.19 bits per heavy atom. The lowest BCUT2D eigenvalue weighted by Gasteiger charge is -2.39. The SMILES string of the molecule is C[C@@H](C(=O)N1CCCC[C@@H]1C(=O)[O-])N1C(=O)/C(=C/c2cccs2)SC1=S. The molecule has 0 bridgehead atoms. The van der Waals surface area contributed by atoms with Gasteiger partial charge >= 0.3 is 0 Å². The number of carbonyl (C=O) groups is 3. The summed E-state index contributed by atoms with van der Waals surface area (Å²) in [5.74, 6) is -1.99. The van der Waals surface area contributed by atoms with E-state index in [-0.39, 0.29) is 5.91 Å². The summed E-state index contributed by atoms with van der Waals surface area (Å²) in [6.07, 6.45) is 3.60. The number of likely N-dealkylation sites (tertiary alicyclic amines) is 1. The Balaban J connectivity index is 1.79. The Hall–Kier alpha value is -1.71. The fourth-order valence-corrected chi connectivity index (χ4v) is 5.25. The first-order valence-corrected chi connectivity index (χ1v) is 10.3. The Kier molecular flexibility index (Phi) is 5.79. The number of thiocarbonyl (C=S) groups is 1. The summed E-state index contributed by atoms with van der Waals surface area (Å²) in [5.41, 5.74) is 0. The summed E-state index contributed by atoms with van der Waals surface area (Å²) in [5, 5.41) is 13.3. The van der Waals surface area contributed by atoms with Gasteiger partial charge in [0.1, 0.15) is 10.4 Å². The van der Waals surface area contributed by atoms with Crippen LogP contribution in [-0.2, 0) is 14.4 Å².